The van der Waals surface area contributed by atoms with E-state index in [0.29, 0.717) is 6.42 Å². The first-order valence-corrected chi connectivity index (χ1v) is 9.85. The molecule has 0 spiro atoms. The maximum atomic E-state index is 12.8. The summed E-state index contributed by atoms with van der Waals surface area (Å²) in [5.74, 6) is 0.147. The molecule has 1 amide bonds. The van der Waals surface area contributed by atoms with E-state index >= 15 is 0 Å². The van der Waals surface area contributed by atoms with Crippen molar-refractivity contribution in [1.29, 1.82) is 0 Å². The average molecular weight is 399 g/mol. The number of fused-ring (bicyclic) bond motifs is 2. The van der Waals surface area contributed by atoms with Crippen molar-refractivity contribution in [3.8, 4) is 5.75 Å². The second kappa shape index (κ2) is 8.64. The lowest BCUT2D eigenvalue weighted by atomic mass is 9.83. The third-order valence-electron chi connectivity index (χ3n) is 5.48. The maximum absolute atomic E-state index is 12.8. The number of nitrogens with zero attached hydrogens (tertiary/aromatic N) is 1. The van der Waals surface area contributed by atoms with Crippen LogP contribution in [0.2, 0.25) is 0 Å². The number of halogens is 2. The Kier molecular flexibility index (Phi) is 5.79. The van der Waals surface area contributed by atoms with Gasteiger partial charge in [0.15, 0.2) is 0 Å². The van der Waals surface area contributed by atoms with Crippen LogP contribution in [0.3, 0.4) is 0 Å². The normalized spacial score (nSPS) is 20.9. The fraction of sp³-hybridized carbons (Fsp3) is 0.348. The van der Waals surface area contributed by atoms with Crippen LogP contribution in [0.5, 0.6) is 5.75 Å². The third-order valence-corrected chi connectivity index (χ3v) is 5.48. The SMILES string of the molecule is O=C(OCc1ccccc1)N1C2C=C(c3cccc(OC(F)F)c3)CC1CCC2. The number of hydrogen-bond donors (Lipinski definition) is 0. The number of hydrogen-bond acceptors (Lipinski definition) is 3. The average Bonchev–Trinajstić information content (AvgIpc) is 2.71. The Morgan fingerprint density at radius 3 is 2.69 bits per heavy atom. The fourth-order valence-corrected chi connectivity index (χ4v) is 4.19. The molecule has 6 heteroatoms. The van der Waals surface area contributed by atoms with Crippen LogP contribution in [0.25, 0.3) is 5.57 Å². The van der Waals surface area contributed by atoms with Crippen molar-refractivity contribution < 1.29 is 23.0 Å². The summed E-state index contributed by atoms with van der Waals surface area (Å²) in [6.07, 6.45) is 5.27. The molecule has 0 N–H and O–H groups in total. The Hall–Kier alpha value is -2.89. The zero-order valence-corrected chi connectivity index (χ0v) is 16.0. The van der Waals surface area contributed by atoms with E-state index in [4.69, 9.17) is 4.74 Å². The van der Waals surface area contributed by atoms with Gasteiger partial charge in [0.1, 0.15) is 12.4 Å². The lowest BCUT2D eigenvalue weighted by molar-refractivity contribution is -0.0498. The number of benzene rings is 2. The van der Waals surface area contributed by atoms with Gasteiger partial charge < -0.3 is 9.47 Å². The summed E-state index contributed by atoms with van der Waals surface area (Å²) in [4.78, 5) is 14.6. The van der Waals surface area contributed by atoms with Crippen LogP contribution in [0.1, 0.15) is 36.8 Å². The molecule has 4 nitrogen and oxygen atoms in total. The smallest absolute Gasteiger partial charge is 0.410 e. The van der Waals surface area contributed by atoms with Crippen molar-refractivity contribution in [2.45, 2.75) is 51.0 Å². The molecule has 2 aliphatic heterocycles. The molecular formula is C23H23F2NO3. The summed E-state index contributed by atoms with van der Waals surface area (Å²) < 4.78 is 35.1. The minimum absolute atomic E-state index is 0.0413. The highest BCUT2D eigenvalue weighted by molar-refractivity contribution is 5.75. The lowest BCUT2D eigenvalue weighted by Gasteiger charge is -2.44. The van der Waals surface area contributed by atoms with Gasteiger partial charge in [-0.05, 0) is 54.5 Å². The number of alkyl halides is 2. The van der Waals surface area contributed by atoms with Gasteiger partial charge in [0, 0.05) is 6.04 Å². The number of carbonyl (C=O) groups is 1. The molecule has 0 aromatic heterocycles. The van der Waals surface area contributed by atoms with E-state index in [1.54, 1.807) is 12.1 Å². The number of ether oxygens (including phenoxy) is 2. The van der Waals surface area contributed by atoms with Crippen molar-refractivity contribution in [2.24, 2.45) is 0 Å². The van der Waals surface area contributed by atoms with Crippen molar-refractivity contribution in [3.63, 3.8) is 0 Å². The van der Waals surface area contributed by atoms with Crippen LogP contribution in [-0.4, -0.2) is 29.7 Å². The van der Waals surface area contributed by atoms with Crippen LogP contribution in [-0.2, 0) is 11.3 Å². The Morgan fingerprint density at radius 2 is 1.93 bits per heavy atom. The Balaban J connectivity index is 1.49. The minimum atomic E-state index is -2.85. The molecule has 2 atom stereocenters. The van der Waals surface area contributed by atoms with Gasteiger partial charge in [-0.1, -0.05) is 48.5 Å². The van der Waals surface area contributed by atoms with E-state index in [1.807, 2.05) is 41.3 Å². The van der Waals surface area contributed by atoms with Gasteiger partial charge in [-0.25, -0.2) is 4.79 Å². The summed E-state index contributed by atoms with van der Waals surface area (Å²) in [6, 6.07) is 16.4. The predicted octanol–water partition coefficient (Wildman–Crippen LogP) is 5.64. The van der Waals surface area contributed by atoms with E-state index in [0.717, 1.165) is 36.0 Å². The third kappa shape index (κ3) is 4.58. The molecular weight excluding hydrogens is 376 g/mol. The van der Waals surface area contributed by atoms with E-state index in [2.05, 4.69) is 10.8 Å². The maximum Gasteiger partial charge on any atom is 0.410 e. The van der Waals surface area contributed by atoms with Crippen LogP contribution in [0.4, 0.5) is 13.6 Å². The van der Waals surface area contributed by atoms with Gasteiger partial charge in [-0.3, -0.25) is 4.90 Å². The molecule has 1 saturated heterocycles. The van der Waals surface area contributed by atoms with E-state index < -0.39 is 6.61 Å². The number of piperidine rings is 1. The van der Waals surface area contributed by atoms with E-state index in [1.165, 1.54) is 6.07 Å². The first-order chi connectivity index (χ1) is 14.1. The largest absolute Gasteiger partial charge is 0.445 e. The lowest BCUT2D eigenvalue weighted by Crippen LogP contribution is -2.51. The molecule has 1 fully saturated rings. The monoisotopic (exact) mass is 399 g/mol. The quantitative estimate of drug-likeness (QED) is 0.654. The van der Waals surface area contributed by atoms with Crippen molar-refractivity contribution >= 4 is 11.7 Å². The first kappa shape index (κ1) is 19.4. The molecule has 152 valence electrons. The summed E-state index contributed by atoms with van der Waals surface area (Å²) in [5.41, 5.74) is 2.87. The number of carbonyl (C=O) groups excluding carboxylic acids is 1. The molecule has 29 heavy (non-hydrogen) atoms. The zero-order chi connectivity index (χ0) is 20.2. The molecule has 4 rings (SSSR count). The summed E-state index contributed by atoms with van der Waals surface area (Å²) >= 11 is 0. The van der Waals surface area contributed by atoms with Crippen molar-refractivity contribution in [1.82, 2.24) is 4.90 Å². The van der Waals surface area contributed by atoms with Gasteiger partial charge in [-0.2, -0.15) is 8.78 Å². The molecule has 0 aliphatic carbocycles. The highest BCUT2D eigenvalue weighted by Crippen LogP contribution is 2.38. The van der Waals surface area contributed by atoms with E-state index in [9.17, 15) is 13.6 Å². The highest BCUT2D eigenvalue weighted by atomic mass is 19.3. The molecule has 0 saturated carbocycles. The van der Waals surface area contributed by atoms with Gasteiger partial charge in [0.05, 0.1) is 6.04 Å². The number of amides is 1. The molecule has 2 unspecified atom stereocenters. The predicted molar refractivity (Wildman–Crippen MR) is 106 cm³/mol. The van der Waals surface area contributed by atoms with Gasteiger partial charge >= 0.3 is 12.7 Å². The fourth-order valence-electron chi connectivity index (χ4n) is 4.19. The van der Waals surface area contributed by atoms with Crippen molar-refractivity contribution in [2.75, 3.05) is 0 Å². The van der Waals surface area contributed by atoms with Gasteiger partial charge in [0.25, 0.3) is 0 Å². The first-order valence-electron chi connectivity index (χ1n) is 9.85. The summed E-state index contributed by atoms with van der Waals surface area (Å²) in [7, 11) is 0. The number of rotatable bonds is 5. The van der Waals surface area contributed by atoms with Crippen LogP contribution in [0.15, 0.2) is 60.7 Å². The zero-order valence-electron chi connectivity index (χ0n) is 16.0. The molecule has 2 bridgehead atoms. The Labute approximate surface area is 168 Å². The van der Waals surface area contributed by atoms with Gasteiger partial charge in [0.2, 0.25) is 0 Å². The van der Waals surface area contributed by atoms with Gasteiger partial charge in [-0.15, -0.1) is 0 Å². The summed E-state index contributed by atoms with van der Waals surface area (Å²) in [5, 5.41) is 0. The van der Waals surface area contributed by atoms with Crippen LogP contribution in [0, 0.1) is 0 Å². The standard InChI is InChI=1S/C23H23F2NO3/c24-22(25)29-21-11-4-8-17(14-21)18-12-19-9-5-10-20(13-18)26(19)23(27)28-15-16-6-2-1-3-7-16/h1-4,6-8,11-12,14,19-20,22H,5,9-10,13,15H2. The Morgan fingerprint density at radius 1 is 1.10 bits per heavy atom. The second-order valence-electron chi connectivity index (χ2n) is 7.40. The van der Waals surface area contributed by atoms with Crippen LogP contribution >= 0.6 is 0 Å². The van der Waals surface area contributed by atoms with Crippen LogP contribution < -0.4 is 4.74 Å². The molecule has 2 aromatic rings. The minimum Gasteiger partial charge on any atom is -0.445 e. The molecule has 0 radical (unpaired) electrons. The highest BCUT2D eigenvalue weighted by Gasteiger charge is 2.38. The van der Waals surface area contributed by atoms with Crippen molar-refractivity contribution in [3.05, 3.63) is 71.8 Å². The molecule has 2 aromatic carbocycles. The Bertz CT molecular complexity index is 885. The second-order valence-corrected chi connectivity index (χ2v) is 7.40. The molecule has 2 heterocycles. The summed E-state index contributed by atoms with van der Waals surface area (Å²) in [6.45, 7) is -2.60. The molecule has 2 aliphatic rings. The van der Waals surface area contributed by atoms with E-state index in [-0.39, 0.29) is 30.5 Å². The topological polar surface area (TPSA) is 38.8 Å².